The summed E-state index contributed by atoms with van der Waals surface area (Å²) in [4.78, 5) is 11.4. The van der Waals surface area contributed by atoms with E-state index >= 15 is 0 Å². The average Bonchev–Trinajstić information content (AvgIpc) is 2.32. The molecule has 18 heavy (non-hydrogen) atoms. The van der Waals surface area contributed by atoms with Crippen molar-refractivity contribution in [3.05, 3.63) is 17.7 Å². The molecule has 0 saturated carbocycles. The Morgan fingerprint density at radius 2 is 1.78 bits per heavy atom. The van der Waals surface area contributed by atoms with Gasteiger partial charge < -0.3 is 24.1 Å². The number of Topliss-reactive ketones (excluding diaryl/α,β-unsaturated/α-hetero) is 1. The molecule has 0 radical (unpaired) electrons. The molecule has 0 fully saturated rings. The summed E-state index contributed by atoms with van der Waals surface area (Å²) in [5.41, 5.74) is 0.0943. The Labute approximate surface area is 105 Å². The van der Waals surface area contributed by atoms with Crippen LogP contribution in [0.2, 0.25) is 0 Å². The molecule has 1 aromatic carbocycles. The highest BCUT2D eigenvalue weighted by atomic mass is 16.7. The molecule has 0 atom stereocenters. The summed E-state index contributed by atoms with van der Waals surface area (Å²) >= 11 is 0. The van der Waals surface area contributed by atoms with Gasteiger partial charge in [-0.3, -0.25) is 4.79 Å². The lowest BCUT2D eigenvalue weighted by Gasteiger charge is -2.13. The van der Waals surface area contributed by atoms with Crippen molar-refractivity contribution in [3.8, 4) is 17.2 Å². The van der Waals surface area contributed by atoms with Crippen molar-refractivity contribution in [3.63, 3.8) is 0 Å². The first-order chi connectivity index (χ1) is 8.60. The topological polar surface area (TPSA) is 74.2 Å². The van der Waals surface area contributed by atoms with Crippen LogP contribution in [-0.2, 0) is 9.47 Å². The number of benzene rings is 1. The second kappa shape index (κ2) is 6.83. The van der Waals surface area contributed by atoms with Gasteiger partial charge >= 0.3 is 0 Å². The molecule has 0 saturated heterocycles. The monoisotopic (exact) mass is 256 g/mol. The smallest absolute Gasteiger partial charge is 0.188 e. The summed E-state index contributed by atoms with van der Waals surface area (Å²) < 4.78 is 19.9. The van der Waals surface area contributed by atoms with Gasteiger partial charge in [0.05, 0.1) is 0 Å². The summed E-state index contributed by atoms with van der Waals surface area (Å²) in [6.07, 6.45) is 0. The van der Waals surface area contributed by atoms with E-state index in [4.69, 9.17) is 18.9 Å². The predicted molar refractivity (Wildman–Crippen MR) is 63.1 cm³/mol. The lowest BCUT2D eigenvalue weighted by Crippen LogP contribution is -2.06. The number of phenolic OH excluding ortho intramolecular Hbond substituents is 1. The lowest BCUT2D eigenvalue weighted by molar-refractivity contribution is 0.0453. The van der Waals surface area contributed by atoms with Gasteiger partial charge in [0.1, 0.15) is 22.8 Å². The van der Waals surface area contributed by atoms with Gasteiger partial charge in [0.15, 0.2) is 19.4 Å². The minimum absolute atomic E-state index is 0.0303. The Morgan fingerprint density at radius 3 is 2.33 bits per heavy atom. The molecule has 1 rings (SSSR count). The van der Waals surface area contributed by atoms with E-state index in [1.54, 1.807) is 0 Å². The second-order valence-corrected chi connectivity index (χ2v) is 3.47. The van der Waals surface area contributed by atoms with Gasteiger partial charge in [-0.25, -0.2) is 0 Å². The third kappa shape index (κ3) is 3.61. The number of carbonyl (C=O) groups is 1. The normalized spacial score (nSPS) is 10.2. The first-order valence-electron chi connectivity index (χ1n) is 5.21. The maximum atomic E-state index is 11.4. The van der Waals surface area contributed by atoms with Crippen LogP contribution in [0.25, 0.3) is 0 Å². The molecule has 6 nitrogen and oxygen atoms in total. The first-order valence-corrected chi connectivity index (χ1v) is 5.21. The zero-order valence-corrected chi connectivity index (χ0v) is 10.6. The van der Waals surface area contributed by atoms with Crippen LogP contribution in [0.15, 0.2) is 12.1 Å². The molecular formula is C12H16O6. The largest absolute Gasteiger partial charge is 0.507 e. The molecule has 0 bridgehead atoms. The standard InChI is InChI=1S/C12H16O6/c1-8(13)12-10(14)4-9(17-6-15-2)5-11(12)18-7-16-3/h4-5,14H,6-7H2,1-3H3. The molecule has 1 N–H and O–H groups in total. The number of hydrogen-bond donors (Lipinski definition) is 1. The molecule has 0 amide bonds. The van der Waals surface area contributed by atoms with E-state index in [0.717, 1.165) is 0 Å². The number of carbonyl (C=O) groups excluding carboxylic acids is 1. The minimum atomic E-state index is -0.308. The summed E-state index contributed by atoms with van der Waals surface area (Å²) in [5.74, 6) is 0.0278. The Kier molecular flexibility index (Phi) is 5.41. The Bertz CT molecular complexity index is 415. The lowest BCUT2D eigenvalue weighted by atomic mass is 10.1. The quantitative estimate of drug-likeness (QED) is 0.589. The number of hydrogen-bond acceptors (Lipinski definition) is 6. The van der Waals surface area contributed by atoms with Gasteiger partial charge in [-0.15, -0.1) is 0 Å². The minimum Gasteiger partial charge on any atom is -0.507 e. The van der Waals surface area contributed by atoms with Crippen LogP contribution in [0.5, 0.6) is 17.2 Å². The molecule has 1 aromatic rings. The predicted octanol–water partition coefficient (Wildman–Crippen LogP) is 1.56. The maximum Gasteiger partial charge on any atom is 0.188 e. The van der Waals surface area contributed by atoms with E-state index in [9.17, 15) is 9.90 Å². The number of rotatable bonds is 7. The average molecular weight is 256 g/mol. The van der Waals surface area contributed by atoms with Gasteiger partial charge in [0, 0.05) is 26.4 Å². The van der Waals surface area contributed by atoms with E-state index in [2.05, 4.69) is 0 Å². The zero-order chi connectivity index (χ0) is 13.5. The van der Waals surface area contributed by atoms with Crippen molar-refractivity contribution in [1.29, 1.82) is 0 Å². The molecule has 0 spiro atoms. The number of phenols is 1. The van der Waals surface area contributed by atoms with E-state index in [-0.39, 0.29) is 36.4 Å². The van der Waals surface area contributed by atoms with Crippen molar-refractivity contribution in [2.45, 2.75) is 6.92 Å². The van der Waals surface area contributed by atoms with Gasteiger partial charge in [-0.05, 0) is 6.92 Å². The SMILES string of the molecule is COCOc1cc(O)c(C(C)=O)c(OCOC)c1. The highest BCUT2D eigenvalue weighted by Crippen LogP contribution is 2.33. The van der Waals surface area contributed by atoms with Crippen LogP contribution in [-0.4, -0.2) is 38.7 Å². The number of ketones is 1. The Balaban J connectivity index is 3.06. The van der Waals surface area contributed by atoms with Gasteiger partial charge in [-0.1, -0.05) is 0 Å². The fourth-order valence-electron chi connectivity index (χ4n) is 1.38. The van der Waals surface area contributed by atoms with Crippen LogP contribution in [0.1, 0.15) is 17.3 Å². The van der Waals surface area contributed by atoms with Crippen molar-refractivity contribution in [1.82, 2.24) is 0 Å². The fourth-order valence-corrected chi connectivity index (χ4v) is 1.38. The summed E-state index contributed by atoms with van der Waals surface area (Å²) in [5, 5.41) is 9.78. The van der Waals surface area contributed by atoms with Crippen LogP contribution in [0.3, 0.4) is 0 Å². The molecule has 0 aromatic heterocycles. The highest BCUT2D eigenvalue weighted by molar-refractivity contribution is 5.99. The van der Waals surface area contributed by atoms with Crippen molar-refractivity contribution >= 4 is 5.78 Å². The third-order valence-electron chi connectivity index (χ3n) is 2.08. The van der Waals surface area contributed by atoms with Gasteiger partial charge in [0.2, 0.25) is 0 Å². The summed E-state index contributed by atoms with van der Waals surface area (Å²) in [7, 11) is 2.94. The molecule has 0 aliphatic rings. The van der Waals surface area contributed by atoms with Crippen LogP contribution >= 0.6 is 0 Å². The third-order valence-corrected chi connectivity index (χ3v) is 2.08. The van der Waals surface area contributed by atoms with Crippen LogP contribution in [0.4, 0.5) is 0 Å². The zero-order valence-electron chi connectivity index (χ0n) is 10.6. The van der Waals surface area contributed by atoms with E-state index in [1.807, 2.05) is 0 Å². The second-order valence-electron chi connectivity index (χ2n) is 3.47. The Hall–Kier alpha value is -1.79. The van der Waals surface area contributed by atoms with E-state index < -0.39 is 0 Å². The van der Waals surface area contributed by atoms with Gasteiger partial charge in [0.25, 0.3) is 0 Å². The maximum absolute atomic E-state index is 11.4. The molecule has 0 aliphatic heterocycles. The number of ether oxygens (including phenoxy) is 4. The van der Waals surface area contributed by atoms with Crippen molar-refractivity contribution in [2.24, 2.45) is 0 Å². The van der Waals surface area contributed by atoms with E-state index in [0.29, 0.717) is 5.75 Å². The van der Waals surface area contributed by atoms with Crippen molar-refractivity contribution < 1.29 is 28.8 Å². The Morgan fingerprint density at radius 1 is 1.17 bits per heavy atom. The molecule has 100 valence electrons. The van der Waals surface area contributed by atoms with Crippen LogP contribution in [0, 0.1) is 0 Å². The summed E-state index contributed by atoms with van der Waals surface area (Å²) in [6.45, 7) is 1.33. The van der Waals surface area contributed by atoms with Crippen LogP contribution < -0.4 is 9.47 Å². The number of aromatic hydroxyl groups is 1. The molecule has 0 unspecified atom stereocenters. The molecule has 6 heteroatoms. The first kappa shape index (κ1) is 14.3. The summed E-state index contributed by atoms with van der Waals surface area (Å²) in [6, 6.07) is 2.82. The number of methoxy groups -OCH3 is 2. The van der Waals surface area contributed by atoms with Gasteiger partial charge in [-0.2, -0.15) is 0 Å². The fraction of sp³-hybridized carbons (Fsp3) is 0.417. The highest BCUT2D eigenvalue weighted by Gasteiger charge is 2.16. The van der Waals surface area contributed by atoms with Crippen molar-refractivity contribution in [2.75, 3.05) is 27.8 Å². The van der Waals surface area contributed by atoms with E-state index in [1.165, 1.54) is 33.3 Å². The molecular weight excluding hydrogens is 240 g/mol. The molecule has 0 aliphatic carbocycles. The molecule has 0 heterocycles.